The van der Waals surface area contributed by atoms with Crippen molar-refractivity contribution in [1.29, 1.82) is 0 Å². The molecule has 9 heteroatoms. The fraction of sp³-hybridized carbons (Fsp3) is 0.833. The second-order valence-electron chi connectivity index (χ2n) is 2.39. The molecule has 1 atom stereocenters. The topological polar surface area (TPSA) is 119 Å². The van der Waals surface area contributed by atoms with E-state index in [2.05, 4.69) is 4.62 Å². The number of nitrogens with zero attached hydrogens (tertiary/aromatic N) is 1. The average molecular weight is 266 g/mol. The van der Waals surface area contributed by atoms with Gasteiger partial charge in [0, 0.05) is 13.1 Å². The summed E-state index contributed by atoms with van der Waals surface area (Å²) >= 11 is 0. The summed E-state index contributed by atoms with van der Waals surface area (Å²) in [7, 11) is -4.01. The van der Waals surface area contributed by atoms with Gasteiger partial charge in [-0.25, -0.2) is 4.62 Å². The highest BCUT2D eigenvalue weighted by atomic mass is 35.5. The first-order chi connectivity index (χ1) is 5.91. The number of hydrogen-bond acceptors (Lipinski definition) is 4. The Hall–Kier alpha value is -0.170. The van der Waals surface area contributed by atoms with Crippen LogP contribution in [0.3, 0.4) is 0 Å². The van der Waals surface area contributed by atoms with Gasteiger partial charge >= 0.3 is 13.6 Å². The minimum absolute atomic E-state index is 0. The maximum Gasteiger partial charge on any atom is 0.355 e. The third kappa shape index (κ3) is 10.1. The van der Waals surface area contributed by atoms with Gasteiger partial charge in [0.05, 0.1) is 0 Å². The molecular weight excluding hydrogens is 248 g/mol. The maximum atomic E-state index is 11.1. The molecule has 0 aliphatic heterocycles. The predicted octanol–water partition coefficient (Wildman–Crippen LogP) is 0.127. The molecule has 1 unspecified atom stereocenters. The van der Waals surface area contributed by atoms with Crippen LogP contribution in [0.2, 0.25) is 0 Å². The Balaban J connectivity index is -0.000000720. The zero-order chi connectivity index (χ0) is 10.5. The summed E-state index contributed by atoms with van der Waals surface area (Å²) in [4.78, 5) is 19.2. The van der Waals surface area contributed by atoms with Crippen LogP contribution in [0.15, 0.2) is 0 Å². The number of aliphatic carboxylic acids is 1. The molecule has 0 fully saturated rings. The molecule has 7 nitrogen and oxygen atoms in total. The molecular formula is C6H17ClNO6P. The molecule has 0 saturated carbocycles. The van der Waals surface area contributed by atoms with Gasteiger partial charge in [0.15, 0.2) is 0 Å². The van der Waals surface area contributed by atoms with Gasteiger partial charge in [-0.05, 0) is 0 Å². The van der Waals surface area contributed by atoms with E-state index in [1.807, 2.05) is 0 Å². The molecule has 0 aromatic heterocycles. The molecule has 0 rings (SSSR count). The highest BCUT2D eigenvalue weighted by Crippen LogP contribution is 2.42. The van der Waals surface area contributed by atoms with E-state index < -0.39 is 19.7 Å². The molecule has 0 spiro atoms. The smallest absolute Gasteiger partial charge is 0.355 e. The van der Waals surface area contributed by atoms with Crippen molar-refractivity contribution in [2.75, 3.05) is 19.3 Å². The Morgan fingerprint density at radius 1 is 1.40 bits per heavy atom. The van der Waals surface area contributed by atoms with Gasteiger partial charge in [-0.1, -0.05) is 13.8 Å². The zero-order valence-corrected chi connectivity index (χ0v) is 10.3. The Kier molecular flexibility index (Phi) is 12.3. The number of hydrogen-bond donors (Lipinski definition) is 2. The van der Waals surface area contributed by atoms with Crippen molar-refractivity contribution < 1.29 is 29.5 Å². The number of rotatable bonds is 6. The third-order valence-electron chi connectivity index (χ3n) is 1.28. The summed E-state index contributed by atoms with van der Waals surface area (Å²) in [5.41, 5.74) is 0. The Bertz CT molecular complexity index is 222. The highest BCUT2D eigenvalue weighted by Gasteiger charge is 2.26. The van der Waals surface area contributed by atoms with E-state index in [9.17, 15) is 9.36 Å². The first-order valence-electron chi connectivity index (χ1n) is 3.89. The van der Waals surface area contributed by atoms with Crippen molar-refractivity contribution in [2.45, 2.75) is 13.8 Å². The van der Waals surface area contributed by atoms with Crippen molar-refractivity contribution in [3.05, 3.63) is 0 Å². The average Bonchev–Trinajstić information content (AvgIpc) is 1.97. The molecule has 0 bridgehead atoms. The van der Waals surface area contributed by atoms with Crippen LogP contribution >= 0.6 is 20.0 Å². The van der Waals surface area contributed by atoms with Crippen LogP contribution in [0.25, 0.3) is 0 Å². The lowest BCUT2D eigenvalue weighted by atomic mass is 10.6. The minimum atomic E-state index is -4.01. The molecule has 94 valence electrons. The van der Waals surface area contributed by atoms with Crippen molar-refractivity contribution >= 4 is 26.0 Å². The van der Waals surface area contributed by atoms with Crippen molar-refractivity contribution in [3.63, 3.8) is 0 Å². The van der Waals surface area contributed by atoms with Gasteiger partial charge in [-0.2, -0.15) is 5.06 Å². The summed E-state index contributed by atoms with van der Waals surface area (Å²) in [6.07, 6.45) is -0.872. The van der Waals surface area contributed by atoms with Crippen LogP contribution in [0.5, 0.6) is 0 Å². The lowest BCUT2D eigenvalue weighted by molar-refractivity contribution is -0.134. The van der Waals surface area contributed by atoms with Gasteiger partial charge < -0.3 is 15.5 Å². The summed E-state index contributed by atoms with van der Waals surface area (Å²) in [5.74, 6) is -1.35. The van der Waals surface area contributed by atoms with Gasteiger partial charge in [-0.15, -0.1) is 12.4 Å². The Labute approximate surface area is 94.2 Å². The molecule has 4 N–H and O–H groups in total. The quantitative estimate of drug-likeness (QED) is 0.520. The van der Waals surface area contributed by atoms with E-state index in [0.29, 0.717) is 13.1 Å². The lowest BCUT2D eigenvalue weighted by Gasteiger charge is -2.20. The van der Waals surface area contributed by atoms with Crippen LogP contribution in [0.1, 0.15) is 13.8 Å². The van der Waals surface area contributed by atoms with Crippen LogP contribution < -0.4 is 0 Å². The van der Waals surface area contributed by atoms with Gasteiger partial charge in [0.2, 0.25) is 0 Å². The number of hydroxylamine groups is 2. The predicted molar refractivity (Wildman–Crippen MR) is 57.2 cm³/mol. The van der Waals surface area contributed by atoms with Crippen molar-refractivity contribution in [3.8, 4) is 0 Å². The highest BCUT2D eigenvalue weighted by molar-refractivity contribution is 7.53. The van der Waals surface area contributed by atoms with Crippen molar-refractivity contribution in [1.82, 2.24) is 5.06 Å². The van der Waals surface area contributed by atoms with E-state index in [0.717, 1.165) is 0 Å². The normalized spacial score (nSPS) is 13.6. The van der Waals surface area contributed by atoms with Gasteiger partial charge in [0.1, 0.15) is 6.16 Å². The third-order valence-corrected chi connectivity index (χ3v) is 2.44. The fourth-order valence-corrected chi connectivity index (χ4v) is 1.71. The van der Waals surface area contributed by atoms with E-state index in [1.165, 1.54) is 5.06 Å². The summed E-state index contributed by atoms with van der Waals surface area (Å²) in [6, 6.07) is 0. The van der Waals surface area contributed by atoms with E-state index >= 15 is 0 Å². The molecule has 0 heterocycles. The summed E-state index contributed by atoms with van der Waals surface area (Å²) in [6.45, 7) is 4.34. The number of carbonyl (C=O) groups is 1. The van der Waals surface area contributed by atoms with Gasteiger partial charge in [0.25, 0.3) is 0 Å². The van der Waals surface area contributed by atoms with E-state index in [4.69, 9.17) is 10.00 Å². The fourth-order valence-electron chi connectivity index (χ4n) is 0.719. The minimum Gasteiger partial charge on any atom is -0.481 e. The first kappa shape index (κ1) is 20.3. The van der Waals surface area contributed by atoms with Crippen LogP contribution in [-0.2, 0) is 14.0 Å². The Morgan fingerprint density at radius 3 is 2.07 bits per heavy atom. The monoisotopic (exact) mass is 265 g/mol. The maximum absolute atomic E-state index is 11.1. The van der Waals surface area contributed by atoms with Crippen LogP contribution in [0, 0.1) is 0 Å². The summed E-state index contributed by atoms with van der Waals surface area (Å²) in [5, 5.41) is 9.52. The SMILES string of the molecule is CCN(CC)OP(=O)(O)CC(=O)O.Cl.O. The molecule has 0 aromatic rings. The molecule has 0 aliphatic carbocycles. The molecule has 0 saturated heterocycles. The lowest BCUT2D eigenvalue weighted by Crippen LogP contribution is -2.23. The van der Waals surface area contributed by atoms with E-state index in [1.54, 1.807) is 13.8 Å². The molecule has 0 radical (unpaired) electrons. The molecule has 0 amide bonds. The standard InChI is InChI=1S/C6H14NO5P.ClH.H2O/c1-3-7(4-2)12-13(10,11)5-6(8)9;;/h3-5H2,1-2H3,(H,8,9)(H,10,11);1H;1H2. The number of halogens is 1. The summed E-state index contributed by atoms with van der Waals surface area (Å²) < 4.78 is 15.7. The van der Waals surface area contributed by atoms with Crippen molar-refractivity contribution in [2.24, 2.45) is 0 Å². The second-order valence-corrected chi connectivity index (χ2v) is 4.14. The zero-order valence-electron chi connectivity index (χ0n) is 8.54. The molecule has 0 aromatic carbocycles. The van der Waals surface area contributed by atoms with Crippen LogP contribution in [0.4, 0.5) is 0 Å². The largest absolute Gasteiger partial charge is 0.481 e. The van der Waals surface area contributed by atoms with Gasteiger partial charge in [-0.3, -0.25) is 9.36 Å². The van der Waals surface area contributed by atoms with Crippen LogP contribution in [-0.4, -0.2) is 45.8 Å². The first-order valence-corrected chi connectivity index (χ1v) is 5.65. The number of carboxylic acids is 1. The van der Waals surface area contributed by atoms with E-state index in [-0.39, 0.29) is 17.9 Å². The number of carboxylic acid groups (broad SMARTS) is 1. The molecule has 0 aliphatic rings. The Morgan fingerprint density at radius 2 is 1.80 bits per heavy atom. The molecule has 15 heavy (non-hydrogen) atoms. The second kappa shape index (κ2) is 9.08.